The summed E-state index contributed by atoms with van der Waals surface area (Å²) in [5, 5.41) is 4.94. The minimum Gasteiger partial charge on any atom is -0.488 e. The molecular weight excluding hydrogens is 358 g/mol. The maximum atomic E-state index is 12.5. The van der Waals surface area contributed by atoms with Gasteiger partial charge in [-0.25, -0.2) is 4.98 Å². The summed E-state index contributed by atoms with van der Waals surface area (Å²) in [6, 6.07) is 15.4. The number of fused-ring (bicyclic) bond motifs is 2. The Morgan fingerprint density at radius 1 is 1.15 bits per heavy atom. The monoisotopic (exact) mass is 373 g/mol. The van der Waals surface area contributed by atoms with Gasteiger partial charge in [-0.05, 0) is 24.3 Å². The third-order valence-electron chi connectivity index (χ3n) is 4.46. The van der Waals surface area contributed by atoms with Crippen LogP contribution in [-0.4, -0.2) is 21.9 Å². The molecule has 0 saturated carbocycles. The van der Waals surface area contributed by atoms with E-state index in [0.29, 0.717) is 5.57 Å². The molecule has 1 aliphatic rings. The van der Waals surface area contributed by atoms with Crippen LogP contribution in [0.2, 0.25) is 0 Å². The van der Waals surface area contributed by atoms with E-state index in [2.05, 4.69) is 10.3 Å². The number of amides is 1. The van der Waals surface area contributed by atoms with Crippen LogP contribution in [0.15, 0.2) is 71.9 Å². The van der Waals surface area contributed by atoms with Crippen molar-refractivity contribution in [2.75, 3.05) is 11.9 Å². The average Bonchev–Trinajstić information content (AvgIpc) is 3.30. The van der Waals surface area contributed by atoms with Crippen molar-refractivity contribution in [3.05, 3.63) is 77.4 Å². The number of nitrogens with zero attached hydrogens (tertiary/aromatic N) is 2. The van der Waals surface area contributed by atoms with E-state index in [0.717, 1.165) is 33.2 Å². The number of benzene rings is 2. The van der Waals surface area contributed by atoms with Gasteiger partial charge in [0.1, 0.15) is 12.4 Å². The number of carbonyl (C=O) groups excluding carboxylic acids is 1. The smallest absolute Gasteiger partial charge is 0.255 e. The fraction of sp³-hybridized carbons (Fsp3) is 0.0476. The van der Waals surface area contributed by atoms with Crippen LogP contribution < -0.4 is 10.1 Å². The van der Waals surface area contributed by atoms with Crippen molar-refractivity contribution in [1.82, 2.24) is 9.38 Å². The van der Waals surface area contributed by atoms with Crippen LogP contribution in [0, 0.1) is 0 Å². The normalized spacial score (nSPS) is 13.0. The Bertz CT molecular complexity index is 1140. The Kier molecular flexibility index (Phi) is 3.76. The van der Waals surface area contributed by atoms with Crippen molar-refractivity contribution >= 4 is 34.0 Å². The van der Waals surface area contributed by atoms with Gasteiger partial charge in [-0.2, -0.15) is 0 Å². The molecule has 3 heterocycles. The van der Waals surface area contributed by atoms with Gasteiger partial charge in [0.2, 0.25) is 0 Å². The van der Waals surface area contributed by atoms with E-state index >= 15 is 0 Å². The van der Waals surface area contributed by atoms with Gasteiger partial charge in [-0.1, -0.05) is 30.3 Å². The molecule has 4 aromatic rings. The van der Waals surface area contributed by atoms with Crippen LogP contribution in [0.3, 0.4) is 0 Å². The van der Waals surface area contributed by atoms with Crippen molar-refractivity contribution in [2.24, 2.45) is 0 Å². The van der Waals surface area contributed by atoms with Gasteiger partial charge in [0.05, 0.1) is 11.3 Å². The first kappa shape index (κ1) is 15.8. The number of imidazole rings is 1. The van der Waals surface area contributed by atoms with E-state index in [-0.39, 0.29) is 12.5 Å². The Labute approximate surface area is 159 Å². The molecule has 1 N–H and O–H groups in total. The highest BCUT2D eigenvalue weighted by Crippen LogP contribution is 2.27. The maximum absolute atomic E-state index is 12.5. The van der Waals surface area contributed by atoms with E-state index in [1.807, 2.05) is 76.8 Å². The molecule has 6 heteroatoms. The van der Waals surface area contributed by atoms with Crippen molar-refractivity contribution < 1.29 is 9.53 Å². The molecule has 0 radical (unpaired) electrons. The molecule has 0 aliphatic carbocycles. The number of thiazole rings is 1. The highest BCUT2D eigenvalue weighted by Gasteiger charge is 2.17. The molecule has 5 rings (SSSR count). The second kappa shape index (κ2) is 6.41. The molecule has 0 spiro atoms. The van der Waals surface area contributed by atoms with E-state index in [1.54, 1.807) is 11.3 Å². The summed E-state index contributed by atoms with van der Waals surface area (Å²) in [6.07, 6.45) is 5.87. The van der Waals surface area contributed by atoms with Gasteiger partial charge < -0.3 is 10.1 Å². The van der Waals surface area contributed by atoms with E-state index < -0.39 is 0 Å². The summed E-state index contributed by atoms with van der Waals surface area (Å²) in [5.74, 6) is 0.651. The topological polar surface area (TPSA) is 55.6 Å². The Hall–Kier alpha value is -3.38. The zero-order valence-electron chi connectivity index (χ0n) is 14.3. The first-order chi connectivity index (χ1) is 13.3. The predicted molar refractivity (Wildman–Crippen MR) is 107 cm³/mol. The fourth-order valence-electron chi connectivity index (χ4n) is 3.05. The minimum absolute atomic E-state index is 0.153. The quantitative estimate of drug-likeness (QED) is 0.576. The number of nitrogens with one attached hydrogen (secondary N) is 1. The summed E-state index contributed by atoms with van der Waals surface area (Å²) in [5.41, 5.74) is 4.19. The number of ether oxygens (including phenoxy) is 1. The molecular formula is C21H15N3O2S. The lowest BCUT2D eigenvalue weighted by Crippen LogP contribution is -2.21. The van der Waals surface area contributed by atoms with Crippen molar-refractivity contribution in [1.29, 1.82) is 0 Å². The Balaban J connectivity index is 1.33. The summed E-state index contributed by atoms with van der Waals surface area (Å²) in [4.78, 5) is 18.1. The number of rotatable bonds is 3. The van der Waals surface area contributed by atoms with Gasteiger partial charge in [0, 0.05) is 34.6 Å². The van der Waals surface area contributed by atoms with Crippen LogP contribution in [0.5, 0.6) is 5.75 Å². The molecule has 1 aliphatic heterocycles. The van der Waals surface area contributed by atoms with Crippen molar-refractivity contribution in [3.63, 3.8) is 0 Å². The number of hydrogen-bond acceptors (Lipinski definition) is 4. The first-order valence-corrected chi connectivity index (χ1v) is 9.41. The highest BCUT2D eigenvalue weighted by atomic mass is 32.1. The number of carbonyl (C=O) groups is 1. The van der Waals surface area contributed by atoms with Gasteiger partial charge >= 0.3 is 0 Å². The second-order valence-corrected chi connectivity index (χ2v) is 7.12. The van der Waals surface area contributed by atoms with Crippen LogP contribution in [0.4, 0.5) is 5.69 Å². The van der Waals surface area contributed by atoms with Crippen LogP contribution in [0.1, 0.15) is 5.56 Å². The predicted octanol–water partition coefficient (Wildman–Crippen LogP) is 4.48. The fourth-order valence-corrected chi connectivity index (χ4v) is 3.75. The summed E-state index contributed by atoms with van der Waals surface area (Å²) < 4.78 is 7.66. The standard InChI is InChI=1S/C21H15N3O2S/c25-20(16-11-15-3-1-2-4-19(15)26-13-16)22-17-7-5-14(6-8-17)18-12-24-9-10-27-21(24)23-18/h1-12H,13H2,(H,22,25). The molecule has 2 aromatic heterocycles. The molecule has 2 aromatic carbocycles. The van der Waals surface area contributed by atoms with Crippen LogP contribution in [-0.2, 0) is 4.79 Å². The lowest BCUT2D eigenvalue weighted by molar-refractivity contribution is -0.113. The average molecular weight is 373 g/mol. The molecule has 0 saturated heterocycles. The molecule has 0 unspecified atom stereocenters. The summed E-state index contributed by atoms with van der Waals surface area (Å²) >= 11 is 1.60. The van der Waals surface area contributed by atoms with E-state index in [4.69, 9.17) is 4.74 Å². The molecule has 1 amide bonds. The van der Waals surface area contributed by atoms with E-state index in [1.165, 1.54) is 0 Å². The van der Waals surface area contributed by atoms with Gasteiger partial charge in [-0.3, -0.25) is 9.20 Å². The van der Waals surface area contributed by atoms with Gasteiger partial charge in [0.15, 0.2) is 4.96 Å². The number of anilines is 1. The highest BCUT2D eigenvalue weighted by molar-refractivity contribution is 7.15. The lowest BCUT2D eigenvalue weighted by atomic mass is 10.1. The first-order valence-electron chi connectivity index (χ1n) is 8.53. The molecule has 0 atom stereocenters. The summed E-state index contributed by atoms with van der Waals surface area (Å²) in [6.45, 7) is 0.270. The molecule has 0 fully saturated rings. The molecule has 5 nitrogen and oxygen atoms in total. The Morgan fingerprint density at radius 3 is 2.85 bits per heavy atom. The SMILES string of the molecule is O=C(Nc1ccc(-c2cn3ccsc3n2)cc1)C1=Cc2ccccc2OC1. The third-order valence-corrected chi connectivity index (χ3v) is 5.23. The molecule has 0 bridgehead atoms. The number of hydrogen-bond donors (Lipinski definition) is 1. The number of para-hydroxylation sites is 1. The molecule has 27 heavy (non-hydrogen) atoms. The second-order valence-electron chi connectivity index (χ2n) is 6.25. The largest absolute Gasteiger partial charge is 0.488 e. The van der Waals surface area contributed by atoms with Crippen LogP contribution >= 0.6 is 11.3 Å². The van der Waals surface area contributed by atoms with Crippen molar-refractivity contribution in [3.8, 4) is 17.0 Å². The van der Waals surface area contributed by atoms with E-state index in [9.17, 15) is 4.79 Å². The Morgan fingerprint density at radius 2 is 2.00 bits per heavy atom. The third kappa shape index (κ3) is 3.00. The zero-order valence-corrected chi connectivity index (χ0v) is 15.1. The van der Waals surface area contributed by atoms with Crippen molar-refractivity contribution in [2.45, 2.75) is 0 Å². The zero-order chi connectivity index (χ0) is 18.2. The molecule has 132 valence electrons. The minimum atomic E-state index is -0.153. The maximum Gasteiger partial charge on any atom is 0.255 e. The van der Waals surface area contributed by atoms with Gasteiger partial charge in [-0.15, -0.1) is 11.3 Å². The number of aromatic nitrogens is 2. The van der Waals surface area contributed by atoms with Gasteiger partial charge in [0.25, 0.3) is 5.91 Å². The summed E-state index contributed by atoms with van der Waals surface area (Å²) in [7, 11) is 0. The van der Waals surface area contributed by atoms with Crippen LogP contribution in [0.25, 0.3) is 22.3 Å². The lowest BCUT2D eigenvalue weighted by Gasteiger charge is -2.17.